The van der Waals surface area contributed by atoms with Gasteiger partial charge in [0.05, 0.1) is 24.7 Å². The average molecular weight is 365 g/mol. The number of nitrogens with zero attached hydrogens (tertiary/aromatic N) is 2. The van der Waals surface area contributed by atoms with Gasteiger partial charge in [-0.25, -0.2) is 4.57 Å². The predicted octanol–water partition coefficient (Wildman–Crippen LogP) is 3.43. The maximum atomic E-state index is 6.07. The van der Waals surface area contributed by atoms with Gasteiger partial charge in [-0.3, -0.25) is 4.81 Å². The second kappa shape index (κ2) is 6.41. The highest BCUT2D eigenvalue weighted by Crippen LogP contribution is 2.26. The molecule has 136 valence electrons. The number of furan rings is 1. The van der Waals surface area contributed by atoms with E-state index in [-0.39, 0.29) is 6.85 Å². The fraction of sp³-hybridized carbons (Fsp3) is 0.125. The van der Waals surface area contributed by atoms with Gasteiger partial charge in [0.2, 0.25) is 0 Å². The number of aryl methyl sites for hydroxylation is 2. The first-order valence-electron chi connectivity index (χ1n) is 9.67. The van der Waals surface area contributed by atoms with Crippen molar-refractivity contribution in [3.05, 3.63) is 83.1 Å². The zero-order valence-electron chi connectivity index (χ0n) is 16.4. The van der Waals surface area contributed by atoms with E-state index in [4.69, 9.17) is 4.42 Å². The predicted molar refractivity (Wildman–Crippen MR) is 116 cm³/mol. The first kappa shape index (κ1) is 16.9. The first-order chi connectivity index (χ1) is 13.6. The van der Waals surface area contributed by atoms with Crippen LogP contribution in [0.15, 0.2) is 71.3 Å². The van der Waals surface area contributed by atoms with Crippen LogP contribution >= 0.6 is 0 Å². The van der Waals surface area contributed by atoms with Gasteiger partial charge in [-0.2, -0.15) is 0 Å². The van der Waals surface area contributed by atoms with Crippen LogP contribution in [0, 0.1) is 6.92 Å². The van der Waals surface area contributed by atoms with Gasteiger partial charge in [-0.05, 0) is 42.5 Å². The summed E-state index contributed by atoms with van der Waals surface area (Å²) in [7, 11) is 2.11. The van der Waals surface area contributed by atoms with Crippen molar-refractivity contribution in [2.24, 2.45) is 7.05 Å². The van der Waals surface area contributed by atoms with Crippen molar-refractivity contribution in [3.8, 4) is 11.1 Å². The zero-order valence-corrected chi connectivity index (χ0v) is 16.4. The SMILES string of the molecule is CB1C=c2oc3ccccc3c2=CN1c1cc(-c2ccccc2)c(C)c[n+]1C. The molecule has 1 aliphatic heterocycles. The summed E-state index contributed by atoms with van der Waals surface area (Å²) in [6.07, 6.45) is 4.44. The molecule has 0 saturated heterocycles. The third-order valence-electron chi connectivity index (χ3n) is 5.56. The van der Waals surface area contributed by atoms with Gasteiger partial charge >= 0.3 is 6.85 Å². The highest BCUT2D eigenvalue weighted by molar-refractivity contribution is 6.76. The van der Waals surface area contributed by atoms with Crippen LogP contribution in [0.1, 0.15) is 5.56 Å². The van der Waals surface area contributed by atoms with E-state index >= 15 is 0 Å². The van der Waals surface area contributed by atoms with E-state index < -0.39 is 0 Å². The maximum absolute atomic E-state index is 6.07. The topological polar surface area (TPSA) is 20.3 Å². The van der Waals surface area contributed by atoms with Crippen LogP contribution in [-0.2, 0) is 7.05 Å². The van der Waals surface area contributed by atoms with Crippen LogP contribution in [0.4, 0.5) is 5.82 Å². The van der Waals surface area contributed by atoms with Crippen molar-refractivity contribution < 1.29 is 8.98 Å². The Morgan fingerprint density at radius 1 is 1.00 bits per heavy atom. The van der Waals surface area contributed by atoms with E-state index in [1.165, 1.54) is 16.7 Å². The third kappa shape index (κ3) is 2.64. The van der Waals surface area contributed by atoms with Crippen LogP contribution < -0.4 is 20.0 Å². The molecule has 4 heteroatoms. The molecule has 4 aromatic rings. The molecule has 0 N–H and O–H groups in total. The minimum Gasteiger partial charge on any atom is -0.457 e. The molecule has 0 spiro atoms. The fourth-order valence-electron chi connectivity index (χ4n) is 4.13. The Morgan fingerprint density at radius 3 is 2.57 bits per heavy atom. The first-order valence-corrected chi connectivity index (χ1v) is 9.67. The second-order valence-electron chi connectivity index (χ2n) is 7.53. The molecule has 0 radical (unpaired) electrons. The zero-order chi connectivity index (χ0) is 19.3. The molecule has 5 rings (SSSR count). The molecule has 2 aromatic heterocycles. The van der Waals surface area contributed by atoms with Gasteiger partial charge in [0.25, 0.3) is 5.82 Å². The van der Waals surface area contributed by atoms with Crippen molar-refractivity contribution >= 4 is 35.8 Å². The molecule has 1 aliphatic rings. The quantitative estimate of drug-likeness (QED) is 0.401. The summed E-state index contributed by atoms with van der Waals surface area (Å²) in [4.78, 5) is 2.33. The van der Waals surface area contributed by atoms with Gasteiger partial charge in [-0.1, -0.05) is 48.5 Å². The van der Waals surface area contributed by atoms with Crippen LogP contribution in [-0.4, -0.2) is 6.85 Å². The molecule has 0 bridgehead atoms. The minimum atomic E-state index is 0.200. The Kier molecular flexibility index (Phi) is 3.87. The number of rotatable bonds is 2. The number of aromatic nitrogens is 1. The summed E-state index contributed by atoms with van der Waals surface area (Å²) < 4.78 is 8.27. The maximum Gasteiger partial charge on any atom is 0.405 e. The summed E-state index contributed by atoms with van der Waals surface area (Å²) >= 11 is 0. The van der Waals surface area contributed by atoms with Crippen molar-refractivity contribution in [3.63, 3.8) is 0 Å². The minimum absolute atomic E-state index is 0.200. The van der Waals surface area contributed by atoms with Gasteiger partial charge in [0, 0.05) is 11.5 Å². The van der Waals surface area contributed by atoms with Crippen molar-refractivity contribution in [2.45, 2.75) is 13.7 Å². The summed E-state index contributed by atoms with van der Waals surface area (Å²) in [5.41, 5.74) is 5.66. The molecule has 0 aliphatic carbocycles. The monoisotopic (exact) mass is 365 g/mol. The number of hydrogen-bond donors (Lipinski definition) is 0. The van der Waals surface area contributed by atoms with E-state index in [1.807, 2.05) is 12.1 Å². The summed E-state index contributed by atoms with van der Waals surface area (Å²) in [6.45, 7) is 4.57. The molecular weight excluding hydrogens is 343 g/mol. The van der Waals surface area contributed by atoms with E-state index in [0.29, 0.717) is 0 Å². The largest absolute Gasteiger partial charge is 0.457 e. The number of benzene rings is 2. The molecule has 0 saturated carbocycles. The molecule has 0 unspecified atom stereocenters. The van der Waals surface area contributed by atoms with E-state index in [2.05, 4.69) is 97.1 Å². The van der Waals surface area contributed by atoms with Crippen molar-refractivity contribution in [2.75, 3.05) is 4.81 Å². The summed E-state index contributed by atoms with van der Waals surface area (Å²) in [5, 5.41) is 2.30. The molecule has 3 nitrogen and oxygen atoms in total. The molecule has 0 amide bonds. The van der Waals surface area contributed by atoms with Crippen LogP contribution in [0.3, 0.4) is 0 Å². The molecular formula is C24H22BN2O+. The van der Waals surface area contributed by atoms with Gasteiger partial charge in [0.15, 0.2) is 0 Å². The molecule has 3 heterocycles. The lowest BCUT2D eigenvalue weighted by Crippen LogP contribution is -2.47. The highest BCUT2D eigenvalue weighted by Gasteiger charge is 2.30. The second-order valence-corrected chi connectivity index (χ2v) is 7.53. The Balaban J connectivity index is 1.71. The number of hydrogen-bond acceptors (Lipinski definition) is 2. The number of pyridine rings is 1. The average Bonchev–Trinajstić information content (AvgIpc) is 3.05. The lowest BCUT2D eigenvalue weighted by molar-refractivity contribution is -0.658. The molecule has 2 aromatic carbocycles. The van der Waals surface area contributed by atoms with Gasteiger partial charge < -0.3 is 4.42 Å². The van der Waals surface area contributed by atoms with Crippen LogP contribution in [0.25, 0.3) is 34.3 Å². The van der Waals surface area contributed by atoms with Crippen LogP contribution in [0.2, 0.25) is 6.82 Å². The Bertz CT molecular complexity index is 1310. The Morgan fingerprint density at radius 2 is 1.75 bits per heavy atom. The van der Waals surface area contributed by atoms with E-state index in [0.717, 1.165) is 27.4 Å². The van der Waals surface area contributed by atoms with E-state index in [9.17, 15) is 0 Å². The third-order valence-corrected chi connectivity index (χ3v) is 5.56. The summed E-state index contributed by atoms with van der Waals surface area (Å²) in [5.74, 6) is 3.36. The Labute approximate surface area is 164 Å². The van der Waals surface area contributed by atoms with Crippen molar-refractivity contribution in [1.82, 2.24) is 0 Å². The highest BCUT2D eigenvalue weighted by atomic mass is 16.3. The standard InChI is InChI=1S/C24H22BN2O/c1-17-15-26(3)24(13-20(17)18-9-5-4-6-10-18)27-16-21-19-11-7-8-12-22(19)28-23(21)14-25(27)2/h4-16H,1-3H3/q+1. The van der Waals surface area contributed by atoms with E-state index in [1.54, 1.807) is 0 Å². The molecule has 0 fully saturated rings. The van der Waals surface area contributed by atoms with Crippen molar-refractivity contribution in [1.29, 1.82) is 0 Å². The van der Waals surface area contributed by atoms with Gasteiger partial charge in [0.1, 0.15) is 11.0 Å². The van der Waals surface area contributed by atoms with Gasteiger partial charge in [-0.15, -0.1) is 0 Å². The fourth-order valence-corrected chi connectivity index (χ4v) is 4.13. The normalized spacial score (nSPS) is 13.2. The molecule has 0 atom stereocenters. The smallest absolute Gasteiger partial charge is 0.405 e. The lowest BCUT2D eigenvalue weighted by atomic mass is 9.62. The summed E-state index contributed by atoms with van der Waals surface area (Å²) in [6, 6.07) is 21.1. The molecule has 28 heavy (non-hydrogen) atoms. The Hall–Kier alpha value is -3.27. The number of anilines is 1. The van der Waals surface area contributed by atoms with Crippen LogP contribution in [0.5, 0.6) is 0 Å². The number of fused-ring (bicyclic) bond motifs is 3. The number of para-hydroxylation sites is 1. The lowest BCUT2D eigenvalue weighted by Gasteiger charge is -2.20.